The molecule has 0 bridgehead atoms. The average Bonchev–Trinajstić information content (AvgIpc) is 2.71. The van der Waals surface area contributed by atoms with Crippen LogP contribution in [0.1, 0.15) is 5.56 Å². The highest BCUT2D eigenvalue weighted by Gasteiger charge is 2.22. The van der Waals surface area contributed by atoms with Crippen LogP contribution in [0.2, 0.25) is 5.82 Å². The van der Waals surface area contributed by atoms with E-state index in [2.05, 4.69) is 0 Å². The van der Waals surface area contributed by atoms with Crippen molar-refractivity contribution in [3.05, 3.63) is 42.2 Å². The van der Waals surface area contributed by atoms with E-state index >= 15 is 0 Å². The van der Waals surface area contributed by atoms with Crippen LogP contribution in [0.5, 0.6) is 5.75 Å². The Hall–Kier alpha value is -2.04. The van der Waals surface area contributed by atoms with Crippen LogP contribution in [-0.4, -0.2) is 17.8 Å². The molecule has 1 aliphatic rings. The third-order valence-electron chi connectivity index (χ3n) is 3.51. The van der Waals surface area contributed by atoms with Crippen LogP contribution in [0.15, 0.2) is 36.7 Å². The minimum Gasteiger partial charge on any atom is -0.429 e. The summed E-state index contributed by atoms with van der Waals surface area (Å²) in [5, 5.41) is 0. The number of nitrogens with zero attached hydrogens (tertiary/aromatic N) is 2. The van der Waals surface area contributed by atoms with Gasteiger partial charge in [-0.1, -0.05) is 18.2 Å². The fourth-order valence-electron chi connectivity index (χ4n) is 2.42. The maximum Gasteiger partial charge on any atom is 0.274 e. The minimum atomic E-state index is -0.227. The fourth-order valence-corrected chi connectivity index (χ4v) is 2.42. The molecule has 3 rings (SSSR count). The van der Waals surface area contributed by atoms with Gasteiger partial charge in [-0.2, -0.15) is 7.28 Å². The highest BCUT2D eigenvalue weighted by atomic mass is 16.5. The number of carbonyl (C=O) groups is 1. The van der Waals surface area contributed by atoms with E-state index < -0.39 is 0 Å². The van der Waals surface area contributed by atoms with Gasteiger partial charge in [-0.05, 0) is 18.1 Å². The molecule has 2 aromatic rings. The molecular weight excluding hydrogens is 239 g/mol. The van der Waals surface area contributed by atoms with Gasteiger partial charge in [-0.3, -0.25) is 13.9 Å². The third-order valence-corrected chi connectivity index (χ3v) is 3.51. The topological polar surface area (TPSA) is 35.1 Å². The van der Waals surface area contributed by atoms with Crippen molar-refractivity contribution in [2.24, 2.45) is 14.1 Å². The first-order valence-corrected chi connectivity index (χ1v) is 6.30. The summed E-state index contributed by atoms with van der Waals surface area (Å²) in [5.41, 5.74) is 2.08. The molecule has 0 saturated carbocycles. The van der Waals surface area contributed by atoms with Crippen LogP contribution in [-0.2, 0) is 25.3 Å². The molecule has 2 heterocycles. The molecule has 0 fully saturated rings. The van der Waals surface area contributed by atoms with Crippen molar-refractivity contribution in [1.29, 1.82) is 0 Å². The lowest BCUT2D eigenvalue weighted by atomic mass is 9.60. The summed E-state index contributed by atoms with van der Waals surface area (Å²) >= 11 is 0. The Kier molecular flexibility index (Phi) is 2.89. The molecule has 1 aromatic heterocycles. The molecule has 2 radical (unpaired) electrons. The van der Waals surface area contributed by atoms with E-state index in [1.165, 1.54) is 0 Å². The Balaban J connectivity index is 1.86. The van der Waals surface area contributed by atoms with E-state index in [1.807, 2.05) is 67.2 Å². The molecule has 0 spiro atoms. The zero-order chi connectivity index (χ0) is 13.4. The Morgan fingerprint density at radius 3 is 2.95 bits per heavy atom. The quantitative estimate of drug-likeness (QED) is 0.330. The van der Waals surface area contributed by atoms with Crippen molar-refractivity contribution in [2.75, 3.05) is 0 Å². The van der Waals surface area contributed by atoms with Crippen molar-refractivity contribution >= 4 is 19.0 Å². The highest BCUT2D eigenvalue weighted by molar-refractivity contribution is 6.56. The number of para-hydroxylation sites is 1. The normalized spacial score (nSPS) is 18.0. The van der Waals surface area contributed by atoms with Gasteiger partial charge in [0.25, 0.3) is 5.97 Å². The number of aryl methyl sites for hydroxylation is 2. The average molecular weight is 254 g/mol. The van der Waals surface area contributed by atoms with E-state index in [1.54, 1.807) is 0 Å². The van der Waals surface area contributed by atoms with Crippen LogP contribution in [0.25, 0.3) is 0 Å². The molecule has 1 unspecified atom stereocenters. The molecule has 0 amide bonds. The van der Waals surface area contributed by atoms with E-state index in [0.717, 1.165) is 11.3 Å². The summed E-state index contributed by atoms with van der Waals surface area (Å²) < 4.78 is 9.37. The Labute approximate surface area is 112 Å². The summed E-state index contributed by atoms with van der Waals surface area (Å²) in [6, 6.07) is 7.70. The second kappa shape index (κ2) is 4.57. The SMILES string of the molecule is Cn1cc[n+](C)c1[B-]C1Cc2ccccc2OC1=O. The maximum atomic E-state index is 12.0. The van der Waals surface area contributed by atoms with Crippen LogP contribution in [0, 0.1) is 0 Å². The molecule has 1 atom stereocenters. The first-order chi connectivity index (χ1) is 9.15. The van der Waals surface area contributed by atoms with Crippen LogP contribution >= 0.6 is 0 Å². The van der Waals surface area contributed by atoms with Crippen molar-refractivity contribution in [3.63, 3.8) is 0 Å². The molecule has 1 aromatic carbocycles. The number of fused-ring (bicyclic) bond motifs is 1. The van der Waals surface area contributed by atoms with Crippen molar-refractivity contribution in [2.45, 2.75) is 12.2 Å². The van der Waals surface area contributed by atoms with Gasteiger partial charge in [-0.25, -0.2) is 0 Å². The standard InChI is InChI=1S/C14H15BN2O2/c1-16-7-8-17(2)14(16)15-11-9-10-5-3-4-6-12(10)19-13(11)18/h3-8,11H,9H2,1-2H3. The van der Waals surface area contributed by atoms with Gasteiger partial charge in [0.2, 0.25) is 0 Å². The number of hydrogen-bond acceptors (Lipinski definition) is 2. The molecule has 5 heteroatoms. The van der Waals surface area contributed by atoms with E-state index in [4.69, 9.17) is 4.74 Å². The number of ether oxygens (including phenoxy) is 1. The Bertz CT molecular complexity index is 617. The van der Waals surface area contributed by atoms with E-state index in [0.29, 0.717) is 12.2 Å². The number of hydrogen-bond donors (Lipinski definition) is 0. The summed E-state index contributed by atoms with van der Waals surface area (Å²) in [6.45, 7) is 0. The smallest absolute Gasteiger partial charge is 0.274 e. The third kappa shape index (κ3) is 2.16. The first kappa shape index (κ1) is 12.0. The fraction of sp³-hybridized carbons (Fsp3) is 0.286. The van der Waals surface area contributed by atoms with Gasteiger partial charge >= 0.3 is 0 Å². The molecule has 0 aliphatic carbocycles. The minimum absolute atomic E-state index is 0.181. The lowest BCUT2D eigenvalue weighted by Crippen LogP contribution is -2.52. The number of carbonyl (C=O) groups excluding carboxylic acids is 1. The van der Waals surface area contributed by atoms with E-state index in [-0.39, 0.29) is 11.8 Å². The lowest BCUT2D eigenvalue weighted by Gasteiger charge is -2.30. The number of rotatable bonds is 2. The van der Waals surface area contributed by atoms with Gasteiger partial charge in [0.15, 0.2) is 0 Å². The van der Waals surface area contributed by atoms with Crippen molar-refractivity contribution in [3.8, 4) is 5.75 Å². The lowest BCUT2D eigenvalue weighted by molar-refractivity contribution is -0.653. The summed E-state index contributed by atoms with van der Waals surface area (Å²) in [5.74, 6) is 0.281. The van der Waals surface area contributed by atoms with Crippen molar-refractivity contribution in [1.82, 2.24) is 4.57 Å². The van der Waals surface area contributed by atoms with Gasteiger partial charge in [0, 0.05) is 5.72 Å². The van der Waals surface area contributed by atoms with Crippen molar-refractivity contribution < 1.29 is 14.1 Å². The Morgan fingerprint density at radius 1 is 1.42 bits per heavy atom. The predicted molar refractivity (Wildman–Crippen MR) is 71.5 cm³/mol. The van der Waals surface area contributed by atoms with Gasteiger partial charge < -0.3 is 4.74 Å². The predicted octanol–water partition coefficient (Wildman–Crippen LogP) is 0.129. The zero-order valence-electron chi connectivity index (χ0n) is 11.0. The van der Waals surface area contributed by atoms with Crippen LogP contribution in [0.4, 0.5) is 0 Å². The maximum absolute atomic E-state index is 12.0. The number of imidazole rings is 1. The molecule has 96 valence electrons. The molecule has 4 nitrogen and oxygen atoms in total. The second-order valence-corrected chi connectivity index (χ2v) is 4.88. The molecular formula is C14H15BN2O2. The first-order valence-electron chi connectivity index (χ1n) is 6.30. The second-order valence-electron chi connectivity index (χ2n) is 4.88. The summed E-state index contributed by atoms with van der Waals surface area (Å²) in [7, 11) is 5.90. The monoisotopic (exact) mass is 254 g/mol. The zero-order valence-corrected chi connectivity index (χ0v) is 11.0. The molecule has 1 aliphatic heterocycles. The summed E-state index contributed by atoms with van der Waals surface area (Å²) in [4.78, 5) is 12.0. The van der Waals surface area contributed by atoms with E-state index in [9.17, 15) is 4.79 Å². The summed E-state index contributed by atoms with van der Waals surface area (Å²) in [6.07, 6.45) is 4.63. The number of esters is 1. The number of benzene rings is 1. The van der Waals surface area contributed by atoms with Crippen LogP contribution < -0.4 is 15.0 Å². The van der Waals surface area contributed by atoms with Gasteiger partial charge in [0.05, 0.1) is 14.1 Å². The largest absolute Gasteiger partial charge is 0.429 e. The van der Waals surface area contributed by atoms with Crippen LogP contribution in [0.3, 0.4) is 0 Å². The Morgan fingerprint density at radius 2 is 2.21 bits per heavy atom. The highest BCUT2D eigenvalue weighted by Crippen LogP contribution is 2.29. The molecule has 19 heavy (non-hydrogen) atoms. The molecule has 0 N–H and O–H groups in total. The molecule has 0 saturated heterocycles. The number of aromatic nitrogens is 2. The van der Waals surface area contributed by atoms with Gasteiger partial charge in [-0.15, -0.1) is 5.82 Å². The van der Waals surface area contributed by atoms with Gasteiger partial charge in [0.1, 0.15) is 18.1 Å².